The molecule has 0 aliphatic carbocycles. The van der Waals surface area contributed by atoms with Crippen LogP contribution in [0, 0.1) is 0 Å². The molecule has 0 radical (unpaired) electrons. The molecule has 1 aromatic rings. The molecule has 0 heterocycles. The van der Waals surface area contributed by atoms with Gasteiger partial charge in [-0.05, 0) is 24.6 Å². The normalized spacial score (nSPS) is 10.7. The molecule has 0 aromatic heterocycles. The summed E-state index contributed by atoms with van der Waals surface area (Å²) in [6.45, 7) is 11.3. The van der Waals surface area contributed by atoms with Crippen LogP contribution in [0.25, 0.3) is 0 Å². The number of hydrogen-bond acceptors (Lipinski definition) is 2. The Labute approximate surface area is 115 Å². The van der Waals surface area contributed by atoms with E-state index < -0.39 is 5.97 Å². The lowest BCUT2D eigenvalue weighted by Crippen LogP contribution is -2.15. The van der Waals surface area contributed by atoms with Crippen molar-refractivity contribution in [3.63, 3.8) is 0 Å². The van der Waals surface area contributed by atoms with Gasteiger partial charge in [0.05, 0.1) is 5.56 Å². The van der Waals surface area contributed by atoms with Crippen molar-refractivity contribution in [3.8, 4) is 0 Å². The molecule has 0 saturated carbocycles. The molecule has 1 aromatic carbocycles. The number of carbonyl (C=O) groups is 1. The third kappa shape index (κ3) is 5.42. The van der Waals surface area contributed by atoms with E-state index in [0.717, 1.165) is 11.3 Å². The van der Waals surface area contributed by atoms with Gasteiger partial charge < -0.3 is 10.0 Å². The first-order valence-electron chi connectivity index (χ1n) is 6.11. The molecular formula is C16H23NO2. The van der Waals surface area contributed by atoms with Crippen LogP contribution in [-0.4, -0.2) is 30.1 Å². The van der Waals surface area contributed by atoms with Crippen LogP contribution in [0.1, 0.15) is 35.7 Å². The zero-order valence-electron chi connectivity index (χ0n) is 12.2. The van der Waals surface area contributed by atoms with E-state index in [9.17, 15) is 4.79 Å². The van der Waals surface area contributed by atoms with Gasteiger partial charge in [0.1, 0.15) is 0 Å². The third-order valence-electron chi connectivity index (χ3n) is 2.73. The summed E-state index contributed by atoms with van der Waals surface area (Å²) in [4.78, 5) is 12.7. The standard InChI is InChI=1S/C13H17NO2.C3H6/c1-9(10(2)14(3)4)11-5-7-12(8-6-11)13(15)16;1-3-2/h5-9H,2H2,1,3-4H3,(H,15,16);3H,1H2,2H3. The Hall–Kier alpha value is -2.03. The summed E-state index contributed by atoms with van der Waals surface area (Å²) in [7, 11) is 3.90. The van der Waals surface area contributed by atoms with Crippen LogP contribution < -0.4 is 0 Å². The van der Waals surface area contributed by atoms with E-state index >= 15 is 0 Å². The summed E-state index contributed by atoms with van der Waals surface area (Å²) in [5.41, 5.74) is 2.39. The lowest BCUT2D eigenvalue weighted by atomic mass is 9.97. The van der Waals surface area contributed by atoms with E-state index in [-0.39, 0.29) is 5.92 Å². The molecule has 3 heteroatoms. The molecular weight excluding hydrogens is 238 g/mol. The van der Waals surface area contributed by atoms with Gasteiger partial charge in [0, 0.05) is 25.7 Å². The molecule has 0 aliphatic rings. The van der Waals surface area contributed by atoms with Crippen LogP contribution in [0.5, 0.6) is 0 Å². The molecule has 1 N–H and O–H groups in total. The summed E-state index contributed by atoms with van der Waals surface area (Å²) in [6.07, 6.45) is 1.75. The van der Waals surface area contributed by atoms with Gasteiger partial charge in [-0.25, -0.2) is 4.79 Å². The van der Waals surface area contributed by atoms with Gasteiger partial charge >= 0.3 is 5.97 Å². The monoisotopic (exact) mass is 261 g/mol. The number of nitrogens with zero attached hydrogens (tertiary/aromatic N) is 1. The van der Waals surface area contributed by atoms with E-state index in [1.54, 1.807) is 18.2 Å². The molecule has 0 saturated heterocycles. The SMILES string of the molecule is C=C(C(C)c1ccc(C(=O)O)cc1)N(C)C.C=CC. The van der Waals surface area contributed by atoms with Crippen LogP contribution in [0.3, 0.4) is 0 Å². The molecule has 104 valence electrons. The third-order valence-corrected chi connectivity index (χ3v) is 2.73. The predicted molar refractivity (Wildman–Crippen MR) is 80.5 cm³/mol. The molecule has 0 bridgehead atoms. The molecule has 0 amide bonds. The minimum absolute atomic E-state index is 0.192. The highest BCUT2D eigenvalue weighted by atomic mass is 16.4. The van der Waals surface area contributed by atoms with Gasteiger partial charge in [-0.2, -0.15) is 0 Å². The van der Waals surface area contributed by atoms with Gasteiger partial charge in [-0.3, -0.25) is 0 Å². The molecule has 3 nitrogen and oxygen atoms in total. The number of rotatable bonds is 4. The van der Waals surface area contributed by atoms with E-state index in [0.29, 0.717) is 5.56 Å². The highest BCUT2D eigenvalue weighted by Gasteiger charge is 2.11. The van der Waals surface area contributed by atoms with Crippen molar-refractivity contribution in [2.45, 2.75) is 19.8 Å². The summed E-state index contributed by atoms with van der Waals surface area (Å²) in [5.74, 6) is -0.705. The Bertz CT molecular complexity index is 433. The maximum Gasteiger partial charge on any atom is 0.335 e. The highest BCUT2D eigenvalue weighted by molar-refractivity contribution is 5.87. The second kappa shape index (κ2) is 8.14. The average molecular weight is 261 g/mol. The highest BCUT2D eigenvalue weighted by Crippen LogP contribution is 2.23. The fraction of sp³-hybridized carbons (Fsp3) is 0.312. The van der Waals surface area contributed by atoms with Crippen molar-refractivity contribution in [2.75, 3.05) is 14.1 Å². The van der Waals surface area contributed by atoms with E-state index in [1.807, 2.05) is 38.1 Å². The van der Waals surface area contributed by atoms with Gasteiger partial charge in [-0.15, -0.1) is 6.58 Å². The Morgan fingerprint density at radius 2 is 1.74 bits per heavy atom. The topological polar surface area (TPSA) is 40.5 Å². The second-order valence-electron chi connectivity index (χ2n) is 4.44. The zero-order valence-corrected chi connectivity index (χ0v) is 12.2. The van der Waals surface area contributed by atoms with Crippen molar-refractivity contribution in [2.24, 2.45) is 0 Å². The maximum absolute atomic E-state index is 10.7. The number of benzene rings is 1. The molecule has 1 unspecified atom stereocenters. The number of likely N-dealkylation sites (N-methyl/N-ethyl adjacent to an activating group) is 1. The molecule has 0 spiro atoms. The maximum atomic E-state index is 10.7. The first-order valence-corrected chi connectivity index (χ1v) is 6.11. The molecule has 1 rings (SSSR count). The number of carboxylic acids is 1. The fourth-order valence-corrected chi connectivity index (χ4v) is 1.49. The lowest BCUT2D eigenvalue weighted by Gasteiger charge is -2.22. The lowest BCUT2D eigenvalue weighted by molar-refractivity contribution is 0.0697. The molecule has 19 heavy (non-hydrogen) atoms. The fourth-order valence-electron chi connectivity index (χ4n) is 1.49. The zero-order chi connectivity index (χ0) is 15.0. The first kappa shape index (κ1) is 17.0. The van der Waals surface area contributed by atoms with Gasteiger partial charge in [0.25, 0.3) is 0 Å². The Kier molecular flexibility index (Phi) is 7.27. The van der Waals surface area contributed by atoms with Gasteiger partial charge in [0.15, 0.2) is 0 Å². The number of carboxylic acid groups (broad SMARTS) is 1. The quantitative estimate of drug-likeness (QED) is 0.839. The summed E-state index contributed by atoms with van der Waals surface area (Å²) >= 11 is 0. The van der Waals surface area contributed by atoms with Crippen molar-refractivity contribution in [1.29, 1.82) is 0 Å². The molecule has 0 aliphatic heterocycles. The van der Waals surface area contributed by atoms with Crippen molar-refractivity contribution >= 4 is 5.97 Å². The van der Waals surface area contributed by atoms with Crippen LogP contribution >= 0.6 is 0 Å². The van der Waals surface area contributed by atoms with Crippen molar-refractivity contribution in [3.05, 3.63) is 60.3 Å². The van der Waals surface area contributed by atoms with E-state index in [1.165, 1.54) is 0 Å². The molecule has 0 fully saturated rings. The summed E-state index contributed by atoms with van der Waals surface area (Å²) < 4.78 is 0. The molecule has 1 atom stereocenters. The second-order valence-corrected chi connectivity index (χ2v) is 4.44. The van der Waals surface area contributed by atoms with Crippen LogP contribution in [0.2, 0.25) is 0 Å². The Morgan fingerprint density at radius 3 is 2.05 bits per heavy atom. The Morgan fingerprint density at radius 1 is 1.32 bits per heavy atom. The first-order chi connectivity index (χ1) is 8.84. The largest absolute Gasteiger partial charge is 0.478 e. The van der Waals surface area contributed by atoms with Crippen LogP contribution in [0.4, 0.5) is 0 Å². The van der Waals surface area contributed by atoms with Gasteiger partial charge in [-0.1, -0.05) is 31.7 Å². The minimum Gasteiger partial charge on any atom is -0.478 e. The van der Waals surface area contributed by atoms with Crippen LogP contribution in [0.15, 0.2) is 49.2 Å². The summed E-state index contributed by atoms with van der Waals surface area (Å²) in [6, 6.07) is 6.92. The van der Waals surface area contributed by atoms with Crippen molar-refractivity contribution < 1.29 is 9.90 Å². The predicted octanol–water partition coefficient (Wildman–Crippen LogP) is 3.76. The van der Waals surface area contributed by atoms with Crippen molar-refractivity contribution in [1.82, 2.24) is 4.90 Å². The van der Waals surface area contributed by atoms with Crippen LogP contribution in [-0.2, 0) is 0 Å². The number of hydrogen-bond donors (Lipinski definition) is 1. The van der Waals surface area contributed by atoms with Gasteiger partial charge in [0.2, 0.25) is 0 Å². The number of aromatic carboxylic acids is 1. The minimum atomic E-state index is -0.898. The number of allylic oxidation sites excluding steroid dienone is 2. The van der Waals surface area contributed by atoms with E-state index in [2.05, 4.69) is 20.1 Å². The van der Waals surface area contributed by atoms with E-state index in [4.69, 9.17) is 5.11 Å². The Balaban J connectivity index is 0.000000982. The summed E-state index contributed by atoms with van der Waals surface area (Å²) in [5, 5.41) is 8.79. The smallest absolute Gasteiger partial charge is 0.335 e. The average Bonchev–Trinajstić information content (AvgIpc) is 2.38.